The van der Waals surface area contributed by atoms with E-state index in [1.807, 2.05) is 6.92 Å². The number of nitrogens with one attached hydrogen (secondary N) is 1. The van der Waals surface area contributed by atoms with Gasteiger partial charge in [0.15, 0.2) is 11.9 Å². The molecule has 3 aromatic carbocycles. The number of amides is 1. The molecule has 180 valence electrons. The monoisotopic (exact) mass is 531 g/mol. The summed E-state index contributed by atoms with van der Waals surface area (Å²) in [4.78, 5) is 26.3. The number of rotatable bonds is 6. The Balaban J connectivity index is 1.76. The molecule has 1 aromatic heterocycles. The maximum atomic E-state index is 13.5. The number of hydrogen-bond donors (Lipinski definition) is 1. The number of benzene rings is 3. The van der Waals surface area contributed by atoms with Gasteiger partial charge in [0.1, 0.15) is 11.3 Å². The van der Waals surface area contributed by atoms with Gasteiger partial charge in [0, 0.05) is 26.3 Å². The van der Waals surface area contributed by atoms with Gasteiger partial charge in [-0.05, 0) is 74.0 Å². The molecule has 0 radical (unpaired) electrons. The normalized spacial score (nSPS) is 11.8. The molecular formula is C26H20Cl3NO5. The highest BCUT2D eigenvalue weighted by atomic mass is 35.5. The van der Waals surface area contributed by atoms with Gasteiger partial charge in [0.05, 0.1) is 12.5 Å². The number of anilines is 1. The Labute approximate surface area is 216 Å². The fraction of sp³-hybridized carbons (Fsp3) is 0.154. The number of carbonyl (C=O) groups is 1. The number of methoxy groups -OCH3 is 1. The molecular weight excluding hydrogens is 513 g/mol. The fourth-order valence-electron chi connectivity index (χ4n) is 3.44. The minimum atomic E-state index is -1.06. The molecule has 0 bridgehead atoms. The molecule has 0 saturated carbocycles. The number of aryl methyl sites for hydroxylation is 1. The molecule has 6 nitrogen and oxygen atoms in total. The lowest BCUT2D eigenvalue weighted by molar-refractivity contribution is -0.122. The predicted molar refractivity (Wildman–Crippen MR) is 139 cm³/mol. The van der Waals surface area contributed by atoms with Crippen LogP contribution in [-0.4, -0.2) is 19.1 Å². The summed E-state index contributed by atoms with van der Waals surface area (Å²) in [7, 11) is 1.56. The van der Waals surface area contributed by atoms with Crippen molar-refractivity contribution >= 4 is 57.4 Å². The van der Waals surface area contributed by atoms with E-state index in [0.717, 1.165) is 5.56 Å². The maximum absolute atomic E-state index is 13.5. The van der Waals surface area contributed by atoms with Gasteiger partial charge < -0.3 is 19.2 Å². The topological polar surface area (TPSA) is 77.8 Å². The van der Waals surface area contributed by atoms with Crippen molar-refractivity contribution in [3.63, 3.8) is 0 Å². The van der Waals surface area contributed by atoms with Crippen molar-refractivity contribution in [2.45, 2.75) is 20.0 Å². The van der Waals surface area contributed by atoms with Crippen molar-refractivity contribution in [3.05, 3.63) is 85.5 Å². The minimum absolute atomic E-state index is 0.116. The van der Waals surface area contributed by atoms with Gasteiger partial charge in [-0.3, -0.25) is 9.59 Å². The smallest absolute Gasteiger partial charge is 0.265 e. The SMILES string of the molecule is COc1ccc(-c2oc3cc(C)c(Cl)cc3c(=O)c2OC(C)C(=O)Nc2cc(Cl)cc(Cl)c2)cc1. The second-order valence-corrected chi connectivity index (χ2v) is 9.10. The Morgan fingerprint density at radius 1 is 1.00 bits per heavy atom. The van der Waals surface area contributed by atoms with E-state index in [2.05, 4.69) is 5.32 Å². The quantitative estimate of drug-likeness (QED) is 0.285. The van der Waals surface area contributed by atoms with Crippen molar-refractivity contribution < 1.29 is 18.7 Å². The first-order chi connectivity index (χ1) is 16.7. The number of fused-ring (bicyclic) bond motifs is 1. The number of halogens is 3. The highest BCUT2D eigenvalue weighted by Crippen LogP contribution is 2.34. The lowest BCUT2D eigenvalue weighted by Crippen LogP contribution is -2.31. The Kier molecular flexibility index (Phi) is 7.26. The lowest BCUT2D eigenvalue weighted by Gasteiger charge is -2.17. The molecule has 0 aliphatic heterocycles. The average molecular weight is 533 g/mol. The van der Waals surface area contributed by atoms with E-state index in [9.17, 15) is 9.59 Å². The van der Waals surface area contributed by atoms with Crippen molar-refractivity contribution in [1.82, 2.24) is 0 Å². The van der Waals surface area contributed by atoms with Crippen LogP contribution in [0.3, 0.4) is 0 Å². The third kappa shape index (κ3) is 5.40. The third-order valence-electron chi connectivity index (χ3n) is 5.28. The Bertz CT molecular complexity index is 1460. The van der Waals surface area contributed by atoms with Crippen molar-refractivity contribution in [2.24, 2.45) is 0 Å². The first-order valence-electron chi connectivity index (χ1n) is 10.5. The third-order valence-corrected chi connectivity index (χ3v) is 6.12. The highest BCUT2D eigenvalue weighted by molar-refractivity contribution is 6.35. The van der Waals surface area contributed by atoms with Gasteiger partial charge in [-0.15, -0.1) is 0 Å². The van der Waals surface area contributed by atoms with Gasteiger partial charge in [-0.2, -0.15) is 0 Å². The van der Waals surface area contributed by atoms with Gasteiger partial charge in [-0.1, -0.05) is 34.8 Å². The average Bonchev–Trinajstić information content (AvgIpc) is 2.81. The second kappa shape index (κ2) is 10.2. The number of hydrogen-bond acceptors (Lipinski definition) is 5. The van der Waals surface area contributed by atoms with E-state index in [0.29, 0.717) is 37.7 Å². The summed E-state index contributed by atoms with van der Waals surface area (Å²) in [5.74, 6) is 0.187. The molecule has 1 N–H and O–H groups in total. The molecule has 0 aliphatic rings. The van der Waals surface area contributed by atoms with E-state index >= 15 is 0 Å². The first-order valence-corrected chi connectivity index (χ1v) is 11.6. The molecule has 1 unspecified atom stereocenters. The largest absolute Gasteiger partial charge is 0.497 e. The zero-order chi connectivity index (χ0) is 25.3. The minimum Gasteiger partial charge on any atom is -0.497 e. The molecule has 0 saturated heterocycles. The van der Waals surface area contributed by atoms with Crippen LogP contribution in [-0.2, 0) is 4.79 Å². The molecule has 1 amide bonds. The van der Waals surface area contributed by atoms with Crippen LogP contribution in [0.1, 0.15) is 12.5 Å². The van der Waals surface area contributed by atoms with E-state index < -0.39 is 17.4 Å². The molecule has 1 heterocycles. The summed E-state index contributed by atoms with van der Waals surface area (Å²) < 4.78 is 17.2. The summed E-state index contributed by atoms with van der Waals surface area (Å²) in [6.07, 6.45) is -1.06. The van der Waals surface area contributed by atoms with Crippen LogP contribution in [0.15, 0.2) is 63.8 Å². The van der Waals surface area contributed by atoms with Crippen molar-refractivity contribution in [1.29, 1.82) is 0 Å². The Hall–Kier alpha value is -3.19. The van der Waals surface area contributed by atoms with Crippen LogP contribution in [0.25, 0.3) is 22.3 Å². The second-order valence-electron chi connectivity index (χ2n) is 7.82. The molecule has 0 aliphatic carbocycles. The van der Waals surface area contributed by atoms with Crippen LogP contribution < -0.4 is 20.2 Å². The molecule has 1 atom stereocenters. The van der Waals surface area contributed by atoms with Crippen LogP contribution >= 0.6 is 34.8 Å². The zero-order valence-electron chi connectivity index (χ0n) is 18.9. The maximum Gasteiger partial charge on any atom is 0.265 e. The first kappa shape index (κ1) is 24.9. The summed E-state index contributed by atoms with van der Waals surface area (Å²) in [5.41, 5.74) is 1.61. The van der Waals surface area contributed by atoms with Crippen molar-refractivity contribution in [3.8, 4) is 22.8 Å². The van der Waals surface area contributed by atoms with E-state index in [4.69, 9.17) is 48.7 Å². The van der Waals surface area contributed by atoms with E-state index in [1.54, 1.807) is 55.6 Å². The molecule has 4 rings (SSSR count). The van der Waals surface area contributed by atoms with Gasteiger partial charge in [0.25, 0.3) is 5.91 Å². The molecule has 35 heavy (non-hydrogen) atoms. The number of ether oxygens (including phenoxy) is 2. The molecule has 9 heteroatoms. The van der Waals surface area contributed by atoms with Crippen LogP contribution in [0.5, 0.6) is 11.5 Å². The zero-order valence-corrected chi connectivity index (χ0v) is 21.2. The number of carbonyl (C=O) groups excluding carboxylic acids is 1. The van der Waals surface area contributed by atoms with Gasteiger partial charge in [-0.25, -0.2) is 0 Å². The summed E-state index contributed by atoms with van der Waals surface area (Å²) in [6, 6.07) is 14.8. The van der Waals surface area contributed by atoms with Gasteiger partial charge in [0.2, 0.25) is 11.2 Å². The van der Waals surface area contributed by atoms with Crippen LogP contribution in [0.2, 0.25) is 15.1 Å². The van der Waals surface area contributed by atoms with E-state index in [1.165, 1.54) is 13.0 Å². The van der Waals surface area contributed by atoms with Crippen molar-refractivity contribution in [2.75, 3.05) is 12.4 Å². The molecule has 4 aromatic rings. The molecule has 0 fully saturated rings. The fourth-order valence-corrected chi connectivity index (χ4v) is 4.13. The Morgan fingerprint density at radius 3 is 2.29 bits per heavy atom. The summed E-state index contributed by atoms with van der Waals surface area (Å²) in [5, 5.41) is 4.07. The standard InChI is InChI=1S/C26H20Cl3NO5/c1-13-8-22-20(12-21(13)29)23(31)25(24(35-22)15-4-6-19(33-3)7-5-15)34-14(2)26(32)30-18-10-16(27)9-17(28)11-18/h4-12,14H,1-3H3,(H,30,32). The Morgan fingerprint density at radius 2 is 1.66 bits per heavy atom. The summed E-state index contributed by atoms with van der Waals surface area (Å²) >= 11 is 18.3. The predicted octanol–water partition coefficient (Wildman–Crippen LogP) is 7.14. The van der Waals surface area contributed by atoms with Crippen LogP contribution in [0, 0.1) is 6.92 Å². The van der Waals surface area contributed by atoms with Gasteiger partial charge >= 0.3 is 0 Å². The molecule has 0 spiro atoms. The van der Waals surface area contributed by atoms with E-state index in [-0.39, 0.29) is 16.9 Å². The lowest BCUT2D eigenvalue weighted by atomic mass is 10.1. The van der Waals surface area contributed by atoms with Crippen LogP contribution in [0.4, 0.5) is 5.69 Å². The highest BCUT2D eigenvalue weighted by Gasteiger charge is 2.24. The summed E-state index contributed by atoms with van der Waals surface area (Å²) in [6.45, 7) is 3.33.